The molecule has 0 bridgehead atoms. The Kier molecular flexibility index (Phi) is 4.51. The van der Waals surface area contributed by atoms with Gasteiger partial charge in [-0.05, 0) is 24.6 Å². The molecule has 0 radical (unpaired) electrons. The third kappa shape index (κ3) is 3.60. The first-order chi connectivity index (χ1) is 8.36. The van der Waals surface area contributed by atoms with Crippen molar-refractivity contribution in [1.29, 1.82) is 0 Å². The molecular weight excluding hydrogens is 243 g/mol. The van der Waals surface area contributed by atoms with E-state index in [4.69, 9.17) is 6.42 Å². The van der Waals surface area contributed by atoms with Gasteiger partial charge >= 0.3 is 6.18 Å². The van der Waals surface area contributed by atoms with Crippen molar-refractivity contribution in [3.63, 3.8) is 0 Å². The molecule has 96 valence electrons. The molecule has 0 aromatic heterocycles. The fourth-order valence-corrected chi connectivity index (χ4v) is 1.50. The molecule has 0 aliphatic carbocycles. The standard InChI is InChI=1S/C13H12F3NO/c1-3-6-17-8-12(18)11-5-4-10(7-9(11)2)13(14,15)16/h1,4-5,7,17H,6,8H2,2H3. The first-order valence-electron chi connectivity index (χ1n) is 5.21. The van der Waals surface area contributed by atoms with E-state index in [2.05, 4.69) is 11.2 Å². The van der Waals surface area contributed by atoms with Gasteiger partial charge in [-0.25, -0.2) is 0 Å². The van der Waals surface area contributed by atoms with E-state index in [1.807, 2.05) is 0 Å². The molecule has 0 amide bonds. The number of carbonyl (C=O) groups is 1. The Labute approximate surface area is 103 Å². The highest BCUT2D eigenvalue weighted by Crippen LogP contribution is 2.30. The topological polar surface area (TPSA) is 29.1 Å². The van der Waals surface area contributed by atoms with Gasteiger partial charge in [0.15, 0.2) is 5.78 Å². The van der Waals surface area contributed by atoms with Crippen molar-refractivity contribution >= 4 is 5.78 Å². The van der Waals surface area contributed by atoms with Crippen LogP contribution >= 0.6 is 0 Å². The summed E-state index contributed by atoms with van der Waals surface area (Å²) in [6, 6.07) is 3.06. The monoisotopic (exact) mass is 255 g/mol. The number of terminal acetylenes is 1. The van der Waals surface area contributed by atoms with E-state index in [9.17, 15) is 18.0 Å². The Bertz CT molecular complexity index is 486. The molecule has 0 fully saturated rings. The van der Waals surface area contributed by atoms with Gasteiger partial charge in [0.05, 0.1) is 18.7 Å². The van der Waals surface area contributed by atoms with E-state index in [-0.39, 0.29) is 24.4 Å². The van der Waals surface area contributed by atoms with Gasteiger partial charge in [0, 0.05) is 5.56 Å². The van der Waals surface area contributed by atoms with Crippen molar-refractivity contribution in [3.05, 3.63) is 34.9 Å². The number of hydrogen-bond acceptors (Lipinski definition) is 2. The second-order valence-corrected chi connectivity index (χ2v) is 3.76. The number of alkyl halides is 3. The SMILES string of the molecule is C#CCNCC(=O)c1ccc(C(F)(F)F)cc1C. The zero-order valence-electron chi connectivity index (χ0n) is 9.77. The second kappa shape index (κ2) is 5.69. The Balaban J connectivity index is 2.86. The lowest BCUT2D eigenvalue weighted by Gasteiger charge is -2.10. The zero-order valence-corrected chi connectivity index (χ0v) is 9.77. The van der Waals surface area contributed by atoms with E-state index in [1.54, 1.807) is 0 Å². The molecule has 1 aromatic carbocycles. The Morgan fingerprint density at radius 3 is 2.61 bits per heavy atom. The smallest absolute Gasteiger partial charge is 0.299 e. The summed E-state index contributed by atoms with van der Waals surface area (Å²) in [5, 5.41) is 2.70. The summed E-state index contributed by atoms with van der Waals surface area (Å²) in [4.78, 5) is 11.7. The normalized spacial score (nSPS) is 11.1. The second-order valence-electron chi connectivity index (χ2n) is 3.76. The first-order valence-corrected chi connectivity index (χ1v) is 5.21. The first kappa shape index (κ1) is 14.3. The minimum atomic E-state index is -4.39. The third-order valence-corrected chi connectivity index (χ3v) is 2.37. The number of hydrogen-bond donors (Lipinski definition) is 1. The summed E-state index contributed by atoms with van der Waals surface area (Å²) in [5.41, 5.74) is -0.182. The zero-order chi connectivity index (χ0) is 13.8. The molecule has 0 unspecified atom stereocenters. The van der Waals surface area contributed by atoms with Crippen LogP contribution in [0.4, 0.5) is 13.2 Å². The van der Waals surface area contributed by atoms with Crippen LogP contribution in [0.25, 0.3) is 0 Å². The predicted octanol–water partition coefficient (Wildman–Crippen LogP) is 2.42. The summed E-state index contributed by atoms with van der Waals surface area (Å²) >= 11 is 0. The van der Waals surface area contributed by atoms with Crippen molar-refractivity contribution in [1.82, 2.24) is 5.32 Å². The number of rotatable bonds is 4. The lowest BCUT2D eigenvalue weighted by atomic mass is 10.0. The highest BCUT2D eigenvalue weighted by atomic mass is 19.4. The van der Waals surface area contributed by atoms with Gasteiger partial charge in [0.25, 0.3) is 0 Å². The van der Waals surface area contributed by atoms with Crippen LogP contribution in [0.2, 0.25) is 0 Å². The number of aryl methyl sites for hydroxylation is 1. The van der Waals surface area contributed by atoms with Crippen molar-refractivity contribution in [3.8, 4) is 12.3 Å². The summed E-state index contributed by atoms with van der Waals surface area (Å²) in [5.74, 6) is 2.03. The van der Waals surface area contributed by atoms with Crippen LogP contribution < -0.4 is 5.32 Å². The Morgan fingerprint density at radius 2 is 2.11 bits per heavy atom. The fraction of sp³-hybridized carbons (Fsp3) is 0.308. The highest BCUT2D eigenvalue weighted by molar-refractivity contribution is 5.99. The molecular formula is C13H12F3NO. The van der Waals surface area contributed by atoms with E-state index in [1.165, 1.54) is 13.0 Å². The lowest BCUT2D eigenvalue weighted by Crippen LogP contribution is -2.24. The Hall–Kier alpha value is -1.80. The summed E-state index contributed by atoms with van der Waals surface area (Å²) in [7, 11) is 0. The minimum absolute atomic E-state index is 0.0103. The van der Waals surface area contributed by atoms with Crippen LogP contribution in [0.3, 0.4) is 0 Å². The number of carbonyl (C=O) groups excluding carboxylic acids is 1. The van der Waals surface area contributed by atoms with E-state index < -0.39 is 11.7 Å². The molecule has 0 spiro atoms. The molecule has 1 N–H and O–H groups in total. The molecule has 5 heteroatoms. The number of benzene rings is 1. The van der Waals surface area contributed by atoms with Crippen LogP contribution in [-0.2, 0) is 6.18 Å². The van der Waals surface area contributed by atoms with Crippen LogP contribution in [0, 0.1) is 19.3 Å². The molecule has 0 saturated heterocycles. The van der Waals surface area contributed by atoms with Gasteiger partial charge in [0.1, 0.15) is 0 Å². The van der Waals surface area contributed by atoms with Gasteiger partial charge in [-0.2, -0.15) is 13.2 Å². The average Bonchev–Trinajstić information content (AvgIpc) is 2.27. The van der Waals surface area contributed by atoms with Gasteiger partial charge in [-0.3, -0.25) is 10.1 Å². The quantitative estimate of drug-likeness (QED) is 0.508. The van der Waals surface area contributed by atoms with Crippen molar-refractivity contribution < 1.29 is 18.0 Å². The number of halogens is 3. The van der Waals surface area contributed by atoms with E-state index >= 15 is 0 Å². The largest absolute Gasteiger partial charge is 0.416 e. The molecule has 0 aliphatic heterocycles. The summed E-state index contributed by atoms with van der Waals surface area (Å²) < 4.78 is 37.3. The van der Waals surface area contributed by atoms with Gasteiger partial charge in [-0.15, -0.1) is 6.42 Å². The van der Waals surface area contributed by atoms with Crippen LogP contribution in [0.1, 0.15) is 21.5 Å². The van der Waals surface area contributed by atoms with Crippen LogP contribution in [0.15, 0.2) is 18.2 Å². The minimum Gasteiger partial charge on any atom is -0.299 e. The molecule has 2 nitrogen and oxygen atoms in total. The van der Waals surface area contributed by atoms with Crippen molar-refractivity contribution in [2.45, 2.75) is 13.1 Å². The van der Waals surface area contributed by atoms with Crippen LogP contribution in [-0.4, -0.2) is 18.9 Å². The van der Waals surface area contributed by atoms with Crippen molar-refractivity contribution in [2.24, 2.45) is 0 Å². The average molecular weight is 255 g/mol. The molecule has 0 heterocycles. The summed E-state index contributed by atoms with van der Waals surface area (Å²) in [6.07, 6.45) is 0.607. The molecule has 0 saturated carbocycles. The van der Waals surface area contributed by atoms with Crippen LogP contribution in [0.5, 0.6) is 0 Å². The van der Waals surface area contributed by atoms with Gasteiger partial charge < -0.3 is 0 Å². The summed E-state index contributed by atoms with van der Waals surface area (Å²) in [6.45, 7) is 1.73. The maximum Gasteiger partial charge on any atom is 0.416 e. The van der Waals surface area contributed by atoms with Crippen molar-refractivity contribution in [2.75, 3.05) is 13.1 Å². The van der Waals surface area contributed by atoms with Gasteiger partial charge in [0.2, 0.25) is 0 Å². The molecule has 0 atom stereocenters. The lowest BCUT2D eigenvalue weighted by molar-refractivity contribution is -0.137. The molecule has 18 heavy (non-hydrogen) atoms. The fourth-order valence-electron chi connectivity index (χ4n) is 1.50. The molecule has 1 rings (SSSR count). The number of Topliss-reactive ketones (excluding diaryl/α,β-unsaturated/α-hetero) is 1. The van der Waals surface area contributed by atoms with E-state index in [0.29, 0.717) is 5.56 Å². The Morgan fingerprint density at radius 1 is 1.44 bits per heavy atom. The van der Waals surface area contributed by atoms with E-state index in [0.717, 1.165) is 12.1 Å². The molecule has 0 aliphatic rings. The van der Waals surface area contributed by atoms with Gasteiger partial charge in [-0.1, -0.05) is 12.0 Å². The number of nitrogens with one attached hydrogen (secondary N) is 1. The molecule has 1 aromatic rings. The maximum atomic E-state index is 12.4. The third-order valence-electron chi connectivity index (χ3n) is 2.37. The highest BCUT2D eigenvalue weighted by Gasteiger charge is 2.30. The number of ketones is 1. The predicted molar refractivity (Wildman–Crippen MR) is 62.2 cm³/mol. The maximum absolute atomic E-state index is 12.4.